The Labute approximate surface area is 131 Å². The summed E-state index contributed by atoms with van der Waals surface area (Å²) in [5.41, 5.74) is 0.805. The lowest BCUT2D eigenvalue weighted by atomic mass is 9.96. The van der Waals surface area contributed by atoms with Crippen molar-refractivity contribution in [1.29, 1.82) is 0 Å². The smallest absolute Gasteiger partial charge is 0.256 e. The molecule has 0 bridgehead atoms. The maximum atomic E-state index is 12.1. The van der Waals surface area contributed by atoms with Crippen molar-refractivity contribution in [1.82, 2.24) is 14.5 Å². The molecule has 3 heterocycles. The van der Waals surface area contributed by atoms with E-state index in [1.807, 2.05) is 6.92 Å². The molecule has 1 aromatic heterocycles. The largest absolute Gasteiger partial charge is 0.376 e. The minimum absolute atomic E-state index is 0.0881. The summed E-state index contributed by atoms with van der Waals surface area (Å²) in [7, 11) is 0. The minimum atomic E-state index is 0.0881. The molecule has 0 aromatic carbocycles. The maximum Gasteiger partial charge on any atom is 0.256 e. The Morgan fingerprint density at radius 1 is 1.27 bits per heavy atom. The number of nitrogens with zero attached hydrogens (tertiary/aromatic N) is 3. The average molecular weight is 307 g/mol. The predicted octanol–water partition coefficient (Wildman–Crippen LogP) is 0.679. The van der Waals surface area contributed by atoms with Gasteiger partial charge in [-0.3, -0.25) is 9.36 Å². The van der Waals surface area contributed by atoms with E-state index >= 15 is 0 Å². The molecular weight excluding hydrogens is 282 g/mol. The van der Waals surface area contributed by atoms with Crippen LogP contribution in [0.3, 0.4) is 0 Å². The summed E-state index contributed by atoms with van der Waals surface area (Å²) in [6.45, 7) is 7.84. The fraction of sp³-hybridized carbons (Fsp3) is 0.750. The zero-order chi connectivity index (χ0) is 15.4. The first-order valence-corrected chi connectivity index (χ1v) is 8.15. The second-order valence-corrected chi connectivity index (χ2v) is 6.35. The summed E-state index contributed by atoms with van der Waals surface area (Å²) in [5, 5.41) is 0. The monoisotopic (exact) mass is 307 g/mol. The van der Waals surface area contributed by atoms with Gasteiger partial charge in [0.05, 0.1) is 32.3 Å². The van der Waals surface area contributed by atoms with Gasteiger partial charge in [0.15, 0.2) is 0 Å². The zero-order valence-corrected chi connectivity index (χ0v) is 13.2. The second kappa shape index (κ2) is 7.35. The minimum Gasteiger partial charge on any atom is -0.376 e. The second-order valence-electron chi connectivity index (χ2n) is 6.35. The molecule has 0 radical (unpaired) electrons. The quantitative estimate of drug-likeness (QED) is 0.819. The van der Waals surface area contributed by atoms with Crippen LogP contribution in [0, 0.1) is 12.8 Å². The van der Waals surface area contributed by atoms with Crippen molar-refractivity contribution in [3.63, 3.8) is 0 Å². The van der Waals surface area contributed by atoms with Crippen LogP contribution in [0.4, 0.5) is 0 Å². The van der Waals surface area contributed by atoms with Crippen LogP contribution >= 0.6 is 0 Å². The lowest BCUT2D eigenvalue weighted by molar-refractivity contribution is -0.0994. The van der Waals surface area contributed by atoms with Gasteiger partial charge in [-0.2, -0.15) is 0 Å². The fourth-order valence-corrected chi connectivity index (χ4v) is 3.25. The van der Waals surface area contributed by atoms with E-state index in [1.165, 1.54) is 0 Å². The van der Waals surface area contributed by atoms with Gasteiger partial charge in [0.25, 0.3) is 5.56 Å². The van der Waals surface area contributed by atoms with Crippen LogP contribution in [-0.2, 0) is 16.0 Å². The van der Waals surface area contributed by atoms with Crippen LogP contribution in [0.5, 0.6) is 0 Å². The summed E-state index contributed by atoms with van der Waals surface area (Å²) >= 11 is 0. The van der Waals surface area contributed by atoms with Crippen LogP contribution in [0.2, 0.25) is 0 Å². The van der Waals surface area contributed by atoms with Crippen molar-refractivity contribution < 1.29 is 9.47 Å². The Hall–Kier alpha value is -1.24. The van der Waals surface area contributed by atoms with Gasteiger partial charge in [-0.25, -0.2) is 4.98 Å². The summed E-state index contributed by atoms with van der Waals surface area (Å²) in [4.78, 5) is 18.6. The Bertz CT molecular complexity index is 532. The first-order valence-electron chi connectivity index (χ1n) is 8.15. The van der Waals surface area contributed by atoms with Crippen molar-refractivity contribution in [3.05, 3.63) is 28.4 Å². The van der Waals surface area contributed by atoms with E-state index < -0.39 is 0 Å². The number of hydrogen-bond donors (Lipinski definition) is 0. The molecule has 2 aliphatic heterocycles. The van der Waals surface area contributed by atoms with Crippen molar-refractivity contribution in [2.75, 3.05) is 39.5 Å². The summed E-state index contributed by atoms with van der Waals surface area (Å²) < 4.78 is 12.9. The SMILES string of the molecule is Cc1cncn(CC2CCN(CC3COCCO3)CC2)c1=O. The standard InChI is InChI=1S/C16H25N3O3/c1-13-8-17-12-19(16(13)20)9-14-2-4-18(5-3-14)10-15-11-21-6-7-22-15/h8,12,14-15H,2-7,9-11H2,1H3. The number of ether oxygens (including phenoxy) is 2. The molecule has 0 amide bonds. The highest BCUT2D eigenvalue weighted by atomic mass is 16.6. The van der Waals surface area contributed by atoms with Crippen molar-refractivity contribution in [3.8, 4) is 0 Å². The first kappa shape index (κ1) is 15.6. The van der Waals surface area contributed by atoms with Gasteiger partial charge in [0.2, 0.25) is 0 Å². The molecule has 1 aromatic rings. The molecule has 2 saturated heterocycles. The van der Waals surface area contributed by atoms with Gasteiger partial charge in [-0.1, -0.05) is 0 Å². The Kier molecular flexibility index (Phi) is 5.23. The molecule has 122 valence electrons. The molecule has 0 spiro atoms. The molecule has 1 unspecified atom stereocenters. The third-order valence-electron chi connectivity index (χ3n) is 4.58. The summed E-state index contributed by atoms with van der Waals surface area (Å²) in [6.07, 6.45) is 5.75. The lowest BCUT2D eigenvalue weighted by Gasteiger charge is -2.35. The lowest BCUT2D eigenvalue weighted by Crippen LogP contribution is -2.44. The maximum absolute atomic E-state index is 12.1. The van der Waals surface area contributed by atoms with Gasteiger partial charge in [0, 0.05) is 24.8 Å². The molecule has 6 nitrogen and oxygen atoms in total. The van der Waals surface area contributed by atoms with Crippen molar-refractivity contribution in [2.24, 2.45) is 5.92 Å². The number of likely N-dealkylation sites (tertiary alicyclic amines) is 1. The van der Waals surface area contributed by atoms with Gasteiger partial charge in [0.1, 0.15) is 0 Å². The Morgan fingerprint density at radius 3 is 2.82 bits per heavy atom. The van der Waals surface area contributed by atoms with Crippen molar-refractivity contribution >= 4 is 0 Å². The summed E-state index contributed by atoms with van der Waals surface area (Å²) in [5.74, 6) is 0.557. The molecule has 0 aliphatic carbocycles. The van der Waals surface area contributed by atoms with Gasteiger partial charge in [-0.15, -0.1) is 0 Å². The van der Waals surface area contributed by atoms with Crippen LogP contribution in [0.1, 0.15) is 18.4 Å². The molecule has 0 N–H and O–H groups in total. The van der Waals surface area contributed by atoms with E-state index in [-0.39, 0.29) is 11.7 Å². The van der Waals surface area contributed by atoms with E-state index in [0.717, 1.165) is 51.2 Å². The van der Waals surface area contributed by atoms with Gasteiger partial charge in [-0.05, 0) is 38.8 Å². The molecule has 0 saturated carbocycles. The fourth-order valence-electron chi connectivity index (χ4n) is 3.25. The first-order chi connectivity index (χ1) is 10.7. The highest BCUT2D eigenvalue weighted by molar-refractivity contribution is 5.00. The summed E-state index contributed by atoms with van der Waals surface area (Å²) in [6, 6.07) is 0. The van der Waals surface area contributed by atoms with Crippen LogP contribution in [0.15, 0.2) is 17.3 Å². The Morgan fingerprint density at radius 2 is 2.09 bits per heavy atom. The highest BCUT2D eigenvalue weighted by Gasteiger charge is 2.23. The molecule has 2 aliphatic rings. The topological polar surface area (TPSA) is 56.6 Å². The van der Waals surface area contributed by atoms with E-state index in [9.17, 15) is 4.79 Å². The third-order valence-corrected chi connectivity index (χ3v) is 4.58. The van der Waals surface area contributed by atoms with Crippen molar-refractivity contribution in [2.45, 2.75) is 32.4 Å². The van der Waals surface area contributed by atoms with E-state index in [1.54, 1.807) is 17.1 Å². The number of aromatic nitrogens is 2. The normalized spacial score (nSPS) is 24.5. The molecular formula is C16H25N3O3. The predicted molar refractivity (Wildman–Crippen MR) is 83.0 cm³/mol. The van der Waals surface area contributed by atoms with E-state index in [2.05, 4.69) is 9.88 Å². The van der Waals surface area contributed by atoms with Crippen LogP contribution in [0.25, 0.3) is 0 Å². The van der Waals surface area contributed by atoms with Gasteiger partial charge < -0.3 is 14.4 Å². The number of piperidine rings is 1. The molecule has 3 rings (SSSR count). The Balaban J connectivity index is 1.47. The van der Waals surface area contributed by atoms with Gasteiger partial charge >= 0.3 is 0 Å². The van der Waals surface area contributed by atoms with E-state index in [0.29, 0.717) is 19.1 Å². The third kappa shape index (κ3) is 3.94. The molecule has 22 heavy (non-hydrogen) atoms. The molecule has 2 fully saturated rings. The number of rotatable bonds is 4. The number of hydrogen-bond acceptors (Lipinski definition) is 5. The average Bonchev–Trinajstić information content (AvgIpc) is 2.55. The van der Waals surface area contributed by atoms with E-state index in [4.69, 9.17) is 9.47 Å². The highest BCUT2D eigenvalue weighted by Crippen LogP contribution is 2.19. The zero-order valence-electron chi connectivity index (χ0n) is 13.2. The van der Waals surface area contributed by atoms with Crippen LogP contribution < -0.4 is 5.56 Å². The number of aryl methyl sites for hydroxylation is 1. The van der Waals surface area contributed by atoms with Crippen LogP contribution in [-0.4, -0.2) is 60.0 Å². The molecule has 6 heteroatoms. The molecule has 1 atom stereocenters.